The number of urea groups is 1. The van der Waals surface area contributed by atoms with Crippen LogP contribution in [0.25, 0.3) is 0 Å². The highest BCUT2D eigenvalue weighted by Gasteiger charge is 2.30. The largest absolute Gasteiger partial charge is 0.416 e. The number of thioether (sulfide) groups is 1. The van der Waals surface area contributed by atoms with Crippen LogP contribution in [0.4, 0.5) is 23.7 Å². The lowest BCUT2D eigenvalue weighted by molar-refractivity contribution is -0.137. The van der Waals surface area contributed by atoms with Crippen molar-refractivity contribution in [3.05, 3.63) is 57.6 Å². The van der Waals surface area contributed by atoms with E-state index in [0.717, 1.165) is 28.3 Å². The highest BCUT2D eigenvalue weighted by molar-refractivity contribution is 7.99. The second-order valence-corrected chi connectivity index (χ2v) is 7.51. The lowest BCUT2D eigenvalue weighted by Gasteiger charge is -2.19. The standard InChI is InChI=1S/C17H12Cl2F3N3OS/c18-10-7-12-14(5-6-27-15(12)13(19)8-10)24-25-16(26)23-11-3-1-9(2-4-11)17(20,21)22/h1-4,7-8H,5-6H2,(H2,23,25,26)/b24-14+. The Morgan fingerprint density at radius 1 is 1.15 bits per heavy atom. The van der Waals surface area contributed by atoms with Crippen LogP contribution in [-0.2, 0) is 6.18 Å². The van der Waals surface area contributed by atoms with Crippen LogP contribution in [0.3, 0.4) is 0 Å². The maximum absolute atomic E-state index is 12.5. The summed E-state index contributed by atoms with van der Waals surface area (Å²) in [5.74, 6) is 0.745. The third-order valence-corrected chi connectivity index (χ3v) is 5.43. The molecule has 0 bridgehead atoms. The molecular weight excluding hydrogens is 422 g/mol. The number of amides is 2. The van der Waals surface area contributed by atoms with Crippen molar-refractivity contribution < 1.29 is 18.0 Å². The number of rotatable bonds is 2. The molecule has 2 aromatic rings. The molecule has 0 aromatic heterocycles. The number of nitrogens with zero attached hydrogens (tertiary/aromatic N) is 1. The number of carbonyl (C=O) groups excluding carboxylic acids is 1. The van der Waals surface area contributed by atoms with E-state index in [2.05, 4.69) is 15.8 Å². The van der Waals surface area contributed by atoms with Gasteiger partial charge in [-0.3, -0.25) is 0 Å². The predicted molar refractivity (Wildman–Crippen MR) is 102 cm³/mol. The van der Waals surface area contributed by atoms with Gasteiger partial charge in [0.05, 0.1) is 16.3 Å². The first-order valence-corrected chi connectivity index (χ1v) is 9.41. The van der Waals surface area contributed by atoms with Crippen LogP contribution in [0.5, 0.6) is 0 Å². The van der Waals surface area contributed by atoms with Crippen LogP contribution in [0.1, 0.15) is 17.5 Å². The van der Waals surface area contributed by atoms with Gasteiger partial charge in [-0.1, -0.05) is 23.2 Å². The van der Waals surface area contributed by atoms with Gasteiger partial charge < -0.3 is 5.32 Å². The number of hydrogen-bond acceptors (Lipinski definition) is 3. The Balaban J connectivity index is 1.69. The van der Waals surface area contributed by atoms with E-state index in [9.17, 15) is 18.0 Å². The van der Waals surface area contributed by atoms with Gasteiger partial charge in [0.15, 0.2) is 0 Å². The Hall–Kier alpha value is -1.90. The molecule has 1 heterocycles. The quantitative estimate of drug-likeness (QED) is 0.567. The lowest BCUT2D eigenvalue weighted by Crippen LogP contribution is -2.26. The second-order valence-electron chi connectivity index (χ2n) is 5.56. The summed E-state index contributed by atoms with van der Waals surface area (Å²) in [5, 5.41) is 7.51. The van der Waals surface area contributed by atoms with Crippen LogP contribution in [0, 0.1) is 0 Å². The molecule has 0 fully saturated rings. The number of carbonyl (C=O) groups is 1. The summed E-state index contributed by atoms with van der Waals surface area (Å²) in [6, 6.07) is 6.81. The van der Waals surface area contributed by atoms with Crippen molar-refractivity contribution in [1.82, 2.24) is 5.43 Å². The molecule has 4 nitrogen and oxygen atoms in total. The minimum absolute atomic E-state index is 0.214. The van der Waals surface area contributed by atoms with E-state index < -0.39 is 17.8 Å². The van der Waals surface area contributed by atoms with Crippen molar-refractivity contribution in [1.29, 1.82) is 0 Å². The zero-order chi connectivity index (χ0) is 19.6. The minimum atomic E-state index is -4.43. The third-order valence-electron chi connectivity index (χ3n) is 3.67. The Kier molecular flexibility index (Phi) is 5.88. The van der Waals surface area contributed by atoms with Crippen molar-refractivity contribution in [2.75, 3.05) is 11.1 Å². The molecule has 0 unspecified atom stereocenters. The van der Waals surface area contributed by atoms with E-state index in [-0.39, 0.29) is 5.69 Å². The van der Waals surface area contributed by atoms with Crippen molar-refractivity contribution in [3.63, 3.8) is 0 Å². The number of benzene rings is 2. The van der Waals surface area contributed by atoms with Crippen molar-refractivity contribution >= 4 is 52.4 Å². The number of halogens is 5. The molecule has 0 spiro atoms. The summed E-state index contributed by atoms with van der Waals surface area (Å²) in [6.07, 6.45) is -3.82. The van der Waals surface area contributed by atoms with Gasteiger partial charge in [0, 0.05) is 33.3 Å². The summed E-state index contributed by atoms with van der Waals surface area (Å²) >= 11 is 13.8. The second kappa shape index (κ2) is 8.00. The molecule has 2 aromatic carbocycles. The molecule has 3 rings (SSSR count). The fraction of sp³-hybridized carbons (Fsp3) is 0.176. The minimum Gasteiger partial charge on any atom is -0.307 e. The summed E-state index contributed by atoms with van der Waals surface area (Å²) in [5.41, 5.74) is 3.14. The van der Waals surface area contributed by atoms with Gasteiger partial charge in [-0.15, -0.1) is 11.8 Å². The average Bonchev–Trinajstić information content (AvgIpc) is 2.59. The van der Waals surface area contributed by atoms with Gasteiger partial charge in [-0.05, 0) is 36.4 Å². The van der Waals surface area contributed by atoms with Crippen LogP contribution in [0.2, 0.25) is 10.0 Å². The van der Waals surface area contributed by atoms with Gasteiger partial charge >= 0.3 is 12.2 Å². The van der Waals surface area contributed by atoms with Gasteiger partial charge in [0.1, 0.15) is 0 Å². The number of nitrogens with one attached hydrogen (secondary N) is 2. The van der Waals surface area contributed by atoms with Gasteiger partial charge in [0.2, 0.25) is 0 Å². The SMILES string of the molecule is O=C(N/N=C1\CCSc2c(Cl)cc(Cl)cc21)Nc1ccc(C(F)(F)F)cc1. The molecule has 1 aliphatic heterocycles. The first-order valence-electron chi connectivity index (χ1n) is 7.67. The highest BCUT2D eigenvalue weighted by Crippen LogP contribution is 2.38. The third kappa shape index (κ3) is 4.88. The Morgan fingerprint density at radius 2 is 1.85 bits per heavy atom. The van der Waals surface area contributed by atoms with Gasteiger partial charge in [0.25, 0.3) is 0 Å². The van der Waals surface area contributed by atoms with Crippen molar-refractivity contribution in [3.8, 4) is 0 Å². The van der Waals surface area contributed by atoms with Crippen LogP contribution in [-0.4, -0.2) is 17.5 Å². The Morgan fingerprint density at radius 3 is 2.52 bits per heavy atom. The number of hydrogen-bond donors (Lipinski definition) is 2. The number of anilines is 1. The first-order chi connectivity index (χ1) is 12.7. The molecule has 0 saturated heterocycles. The average molecular weight is 434 g/mol. The van der Waals surface area contributed by atoms with E-state index in [1.54, 1.807) is 23.9 Å². The Bertz CT molecular complexity index is 902. The first kappa shape index (κ1) is 19.9. The van der Waals surface area contributed by atoms with Crippen LogP contribution in [0.15, 0.2) is 46.4 Å². The molecule has 0 aliphatic carbocycles. The molecule has 142 valence electrons. The smallest absolute Gasteiger partial charge is 0.307 e. The van der Waals surface area contributed by atoms with E-state index >= 15 is 0 Å². The molecule has 2 amide bonds. The number of fused-ring (bicyclic) bond motifs is 1. The van der Waals surface area contributed by atoms with Crippen molar-refractivity contribution in [2.24, 2.45) is 5.10 Å². The monoisotopic (exact) mass is 433 g/mol. The predicted octanol–water partition coefficient (Wildman–Crippen LogP) is 6.03. The fourth-order valence-corrected chi connectivity index (χ4v) is 4.13. The van der Waals surface area contributed by atoms with Crippen LogP contribution < -0.4 is 10.7 Å². The zero-order valence-corrected chi connectivity index (χ0v) is 15.9. The van der Waals surface area contributed by atoms with E-state index in [4.69, 9.17) is 23.2 Å². The molecule has 10 heteroatoms. The van der Waals surface area contributed by atoms with E-state index in [1.165, 1.54) is 12.1 Å². The molecular formula is C17H12Cl2F3N3OS. The Labute approximate surface area is 167 Å². The molecule has 1 aliphatic rings. The molecule has 2 N–H and O–H groups in total. The number of hydrazone groups is 1. The van der Waals surface area contributed by atoms with Gasteiger partial charge in [-0.2, -0.15) is 18.3 Å². The van der Waals surface area contributed by atoms with Crippen molar-refractivity contribution in [2.45, 2.75) is 17.5 Å². The maximum Gasteiger partial charge on any atom is 0.416 e. The molecule has 0 atom stereocenters. The topological polar surface area (TPSA) is 53.5 Å². The number of alkyl halides is 3. The zero-order valence-electron chi connectivity index (χ0n) is 13.5. The summed E-state index contributed by atoms with van der Waals surface area (Å²) in [7, 11) is 0. The summed E-state index contributed by atoms with van der Waals surface area (Å²) < 4.78 is 37.6. The molecule has 0 saturated carbocycles. The highest BCUT2D eigenvalue weighted by atomic mass is 35.5. The maximum atomic E-state index is 12.5. The fourth-order valence-electron chi connectivity index (χ4n) is 2.44. The van der Waals surface area contributed by atoms with Gasteiger partial charge in [-0.25, -0.2) is 10.2 Å². The normalized spacial score (nSPS) is 15.4. The summed E-state index contributed by atoms with van der Waals surface area (Å²) in [4.78, 5) is 12.8. The molecule has 0 radical (unpaired) electrons. The lowest BCUT2D eigenvalue weighted by atomic mass is 10.1. The van der Waals surface area contributed by atoms with Crippen LogP contribution >= 0.6 is 35.0 Å². The van der Waals surface area contributed by atoms with E-state index in [1.807, 2.05) is 0 Å². The van der Waals surface area contributed by atoms with E-state index in [0.29, 0.717) is 22.2 Å². The molecule has 27 heavy (non-hydrogen) atoms. The summed E-state index contributed by atoms with van der Waals surface area (Å²) in [6.45, 7) is 0.